The van der Waals surface area contributed by atoms with Crippen LogP contribution in [0, 0.1) is 0 Å². The highest BCUT2D eigenvalue weighted by Gasteiger charge is 2.11. The van der Waals surface area contributed by atoms with Gasteiger partial charge in [-0.3, -0.25) is 15.6 Å². The van der Waals surface area contributed by atoms with E-state index in [1.165, 1.54) is 6.33 Å². The Morgan fingerprint density at radius 3 is 2.46 bits per heavy atom. The van der Waals surface area contributed by atoms with E-state index in [0.29, 0.717) is 16.5 Å². The van der Waals surface area contributed by atoms with Crippen LogP contribution in [0.1, 0.15) is 5.56 Å². The van der Waals surface area contributed by atoms with E-state index in [9.17, 15) is 4.79 Å². The molecule has 0 radical (unpaired) electrons. The molecule has 0 saturated carbocycles. The van der Waals surface area contributed by atoms with Gasteiger partial charge in [0.05, 0.1) is 17.1 Å². The number of aromatic nitrogens is 2. The highest BCUT2D eigenvalue weighted by atomic mass is 35.5. The van der Waals surface area contributed by atoms with Crippen molar-refractivity contribution in [2.45, 2.75) is 6.42 Å². The number of rotatable bonds is 6. The second kappa shape index (κ2) is 8.17. The summed E-state index contributed by atoms with van der Waals surface area (Å²) in [6.45, 7) is 0. The molecule has 1 heterocycles. The zero-order valence-electron chi connectivity index (χ0n) is 13.7. The first-order chi connectivity index (χ1) is 12.6. The molecule has 0 bridgehead atoms. The van der Waals surface area contributed by atoms with Gasteiger partial charge in [0.1, 0.15) is 12.0 Å². The second-order valence-corrected chi connectivity index (χ2v) is 5.83. The lowest BCUT2D eigenvalue weighted by atomic mass is 10.1. The number of anilines is 4. The van der Waals surface area contributed by atoms with Crippen molar-refractivity contribution in [2.24, 2.45) is 0 Å². The van der Waals surface area contributed by atoms with Gasteiger partial charge >= 0.3 is 0 Å². The molecule has 0 aliphatic heterocycles. The smallest absolute Gasteiger partial charge is 0.242 e. The highest BCUT2D eigenvalue weighted by molar-refractivity contribution is 6.33. The largest absolute Gasteiger partial charge is 0.393 e. The fourth-order valence-electron chi connectivity index (χ4n) is 2.24. The van der Waals surface area contributed by atoms with Gasteiger partial charge in [-0.25, -0.2) is 9.97 Å². The summed E-state index contributed by atoms with van der Waals surface area (Å²) in [5.74, 6) is 0.457. The molecule has 0 fully saturated rings. The number of benzene rings is 2. The number of nitrogen functional groups attached to an aromatic ring is 1. The molecule has 8 heteroatoms. The molecule has 0 saturated heterocycles. The molecule has 3 aromatic rings. The van der Waals surface area contributed by atoms with Crippen LogP contribution in [0.3, 0.4) is 0 Å². The maximum Gasteiger partial charge on any atom is 0.242 e. The number of hydrogen-bond donors (Lipinski definition) is 4. The average molecular weight is 369 g/mol. The van der Waals surface area contributed by atoms with Gasteiger partial charge in [-0.2, -0.15) is 0 Å². The van der Waals surface area contributed by atoms with E-state index >= 15 is 0 Å². The van der Waals surface area contributed by atoms with Gasteiger partial charge in [0.2, 0.25) is 5.91 Å². The summed E-state index contributed by atoms with van der Waals surface area (Å²) >= 11 is 6.13. The number of para-hydroxylation sites is 1. The van der Waals surface area contributed by atoms with Crippen LogP contribution in [-0.2, 0) is 11.2 Å². The summed E-state index contributed by atoms with van der Waals surface area (Å²) in [6.07, 6.45) is 1.57. The van der Waals surface area contributed by atoms with E-state index in [-0.39, 0.29) is 23.8 Å². The Labute approximate surface area is 155 Å². The summed E-state index contributed by atoms with van der Waals surface area (Å²) in [5.41, 5.74) is 13.2. The molecule has 1 amide bonds. The third-order valence-electron chi connectivity index (χ3n) is 3.54. The first-order valence-electron chi connectivity index (χ1n) is 7.84. The van der Waals surface area contributed by atoms with Crippen LogP contribution in [0.2, 0.25) is 5.02 Å². The van der Waals surface area contributed by atoms with Crippen molar-refractivity contribution in [3.8, 4) is 0 Å². The molecule has 2 aromatic carbocycles. The Hall–Kier alpha value is -3.32. The van der Waals surface area contributed by atoms with Gasteiger partial charge in [0.15, 0.2) is 11.6 Å². The normalized spacial score (nSPS) is 10.2. The molecular weight excluding hydrogens is 352 g/mol. The fraction of sp³-hybridized carbons (Fsp3) is 0.0556. The molecule has 26 heavy (non-hydrogen) atoms. The van der Waals surface area contributed by atoms with E-state index in [1.54, 1.807) is 12.1 Å². The number of amides is 1. The number of nitrogens with two attached hydrogens (primary N) is 1. The standard InChI is InChI=1S/C18H17ClN6O/c19-13-8-4-5-9-14(13)23-17-16(20)18(22-11-21-17)25-24-15(26)10-12-6-2-1-3-7-12/h1-9,11H,10,20H2,(H,24,26)(H2,21,22,23,25). The zero-order chi connectivity index (χ0) is 18.4. The minimum Gasteiger partial charge on any atom is -0.393 e. The quantitative estimate of drug-likeness (QED) is 0.498. The van der Waals surface area contributed by atoms with E-state index < -0.39 is 0 Å². The molecule has 0 unspecified atom stereocenters. The lowest BCUT2D eigenvalue weighted by molar-refractivity contribution is -0.119. The SMILES string of the molecule is Nc1c(NNC(=O)Cc2ccccc2)ncnc1Nc1ccccc1Cl. The highest BCUT2D eigenvalue weighted by Crippen LogP contribution is 2.29. The van der Waals surface area contributed by atoms with Gasteiger partial charge in [-0.05, 0) is 17.7 Å². The Morgan fingerprint density at radius 2 is 1.69 bits per heavy atom. The number of hydrogen-bond acceptors (Lipinski definition) is 6. The number of nitrogens with one attached hydrogen (secondary N) is 3. The first-order valence-corrected chi connectivity index (χ1v) is 8.22. The van der Waals surface area contributed by atoms with Crippen LogP contribution in [-0.4, -0.2) is 15.9 Å². The number of nitrogens with zero attached hydrogens (tertiary/aromatic N) is 2. The van der Waals surface area contributed by atoms with Crippen molar-refractivity contribution in [3.05, 3.63) is 71.5 Å². The lowest BCUT2D eigenvalue weighted by Crippen LogP contribution is -2.31. The number of hydrazine groups is 1. The molecule has 0 aliphatic carbocycles. The Kier molecular flexibility index (Phi) is 5.50. The molecule has 0 aliphatic rings. The van der Waals surface area contributed by atoms with E-state index in [4.69, 9.17) is 17.3 Å². The van der Waals surface area contributed by atoms with Gasteiger partial charge in [0, 0.05) is 0 Å². The molecule has 7 nitrogen and oxygen atoms in total. The third kappa shape index (κ3) is 4.40. The van der Waals surface area contributed by atoms with Crippen LogP contribution in [0.5, 0.6) is 0 Å². The number of carbonyl (C=O) groups excluding carboxylic acids is 1. The molecule has 1 aromatic heterocycles. The second-order valence-electron chi connectivity index (χ2n) is 5.42. The fourth-order valence-corrected chi connectivity index (χ4v) is 2.42. The number of carbonyl (C=O) groups is 1. The van der Waals surface area contributed by atoms with Crippen molar-refractivity contribution in [2.75, 3.05) is 16.5 Å². The Bertz CT molecular complexity index is 903. The van der Waals surface area contributed by atoms with Gasteiger partial charge in [0.25, 0.3) is 0 Å². The summed E-state index contributed by atoms with van der Waals surface area (Å²) in [6, 6.07) is 16.6. The average Bonchev–Trinajstić information content (AvgIpc) is 2.65. The monoisotopic (exact) mass is 368 g/mol. The summed E-state index contributed by atoms with van der Waals surface area (Å²) in [7, 11) is 0. The van der Waals surface area contributed by atoms with E-state index in [1.807, 2.05) is 42.5 Å². The van der Waals surface area contributed by atoms with Crippen molar-refractivity contribution >= 4 is 40.5 Å². The van der Waals surface area contributed by atoms with Crippen LogP contribution in [0.25, 0.3) is 0 Å². The van der Waals surface area contributed by atoms with E-state index in [0.717, 1.165) is 5.56 Å². The number of halogens is 1. The third-order valence-corrected chi connectivity index (χ3v) is 3.87. The summed E-state index contributed by atoms with van der Waals surface area (Å²) in [5, 5.41) is 3.59. The first kappa shape index (κ1) is 17.5. The van der Waals surface area contributed by atoms with Crippen LogP contribution >= 0.6 is 11.6 Å². The van der Waals surface area contributed by atoms with Gasteiger partial charge in [-0.15, -0.1) is 0 Å². The molecule has 3 rings (SSSR count). The molecule has 0 spiro atoms. The van der Waals surface area contributed by atoms with Crippen LogP contribution in [0.4, 0.5) is 23.0 Å². The predicted molar refractivity (Wildman–Crippen MR) is 103 cm³/mol. The van der Waals surface area contributed by atoms with Gasteiger partial charge in [-0.1, -0.05) is 54.1 Å². The topological polar surface area (TPSA) is 105 Å². The summed E-state index contributed by atoms with van der Waals surface area (Å²) in [4.78, 5) is 20.2. The van der Waals surface area contributed by atoms with E-state index in [2.05, 4.69) is 26.1 Å². The zero-order valence-corrected chi connectivity index (χ0v) is 14.5. The maximum atomic E-state index is 12.0. The minimum absolute atomic E-state index is 0.213. The Balaban J connectivity index is 1.65. The molecule has 5 N–H and O–H groups in total. The molecule has 0 atom stereocenters. The molecule has 132 valence electrons. The molecular formula is C18H17ClN6O. The van der Waals surface area contributed by atoms with Crippen LogP contribution in [0.15, 0.2) is 60.9 Å². The lowest BCUT2D eigenvalue weighted by Gasteiger charge is -2.13. The predicted octanol–water partition coefficient (Wildman–Crippen LogP) is 3.14. The Morgan fingerprint density at radius 1 is 1.00 bits per heavy atom. The van der Waals surface area contributed by atoms with Crippen molar-refractivity contribution in [1.29, 1.82) is 0 Å². The van der Waals surface area contributed by atoms with Crippen molar-refractivity contribution in [1.82, 2.24) is 15.4 Å². The maximum absolute atomic E-state index is 12.0. The van der Waals surface area contributed by atoms with Gasteiger partial charge < -0.3 is 11.1 Å². The van der Waals surface area contributed by atoms with Crippen LogP contribution < -0.4 is 21.9 Å². The summed E-state index contributed by atoms with van der Waals surface area (Å²) < 4.78 is 0. The van der Waals surface area contributed by atoms with Crippen molar-refractivity contribution < 1.29 is 4.79 Å². The minimum atomic E-state index is -0.213. The van der Waals surface area contributed by atoms with Crippen molar-refractivity contribution in [3.63, 3.8) is 0 Å².